The summed E-state index contributed by atoms with van der Waals surface area (Å²) in [7, 11) is 0. The normalized spacial score (nSPS) is 22.2. The fourth-order valence-electron chi connectivity index (χ4n) is 2.57. The summed E-state index contributed by atoms with van der Waals surface area (Å²) in [6.07, 6.45) is 3.71. The van der Waals surface area contributed by atoms with Crippen molar-refractivity contribution >= 4 is 0 Å². The van der Waals surface area contributed by atoms with E-state index in [9.17, 15) is 0 Å². The second kappa shape index (κ2) is 8.90. The molecular formula is C14H30N2O. The van der Waals surface area contributed by atoms with Gasteiger partial charge in [0.2, 0.25) is 0 Å². The van der Waals surface area contributed by atoms with E-state index in [1.165, 1.54) is 25.8 Å². The molecule has 1 rings (SSSR count). The molecule has 0 aromatic rings. The van der Waals surface area contributed by atoms with Crippen LogP contribution in [0, 0.1) is 5.92 Å². The van der Waals surface area contributed by atoms with Gasteiger partial charge in [0.1, 0.15) is 0 Å². The van der Waals surface area contributed by atoms with Crippen molar-refractivity contribution in [2.45, 2.75) is 46.1 Å². The standard InChI is InChI=1S/C14H30N2O/c1-4-9-15-14(13-8-11-17-12-13)7-10-16(5-2)6-3/h13-15H,4-12H2,1-3H3. The number of nitrogens with zero attached hydrogens (tertiary/aromatic N) is 1. The van der Waals surface area contributed by atoms with Crippen LogP contribution < -0.4 is 5.32 Å². The molecule has 2 atom stereocenters. The van der Waals surface area contributed by atoms with E-state index >= 15 is 0 Å². The van der Waals surface area contributed by atoms with Crippen LogP contribution in [-0.2, 0) is 4.74 Å². The van der Waals surface area contributed by atoms with Crippen LogP contribution in [0.4, 0.5) is 0 Å². The predicted octanol–water partition coefficient (Wildman–Crippen LogP) is 2.12. The number of rotatable bonds is 9. The van der Waals surface area contributed by atoms with E-state index in [1.54, 1.807) is 0 Å². The smallest absolute Gasteiger partial charge is 0.0510 e. The fourth-order valence-corrected chi connectivity index (χ4v) is 2.57. The Bertz CT molecular complexity index is 177. The van der Waals surface area contributed by atoms with Gasteiger partial charge in [0, 0.05) is 12.6 Å². The molecule has 3 heteroatoms. The number of hydrogen-bond acceptors (Lipinski definition) is 3. The Morgan fingerprint density at radius 3 is 2.59 bits per heavy atom. The van der Waals surface area contributed by atoms with Gasteiger partial charge in [0.05, 0.1) is 6.61 Å². The van der Waals surface area contributed by atoms with Crippen molar-refractivity contribution in [2.24, 2.45) is 5.92 Å². The highest BCUT2D eigenvalue weighted by Gasteiger charge is 2.25. The van der Waals surface area contributed by atoms with Crippen LogP contribution in [0.15, 0.2) is 0 Å². The van der Waals surface area contributed by atoms with Gasteiger partial charge in [-0.2, -0.15) is 0 Å². The Morgan fingerprint density at radius 2 is 2.06 bits per heavy atom. The molecule has 0 aliphatic carbocycles. The lowest BCUT2D eigenvalue weighted by Crippen LogP contribution is -2.40. The van der Waals surface area contributed by atoms with Gasteiger partial charge in [0.15, 0.2) is 0 Å². The molecule has 1 aliphatic rings. The maximum atomic E-state index is 5.52. The van der Waals surface area contributed by atoms with Crippen LogP contribution in [0.2, 0.25) is 0 Å². The molecule has 17 heavy (non-hydrogen) atoms. The Morgan fingerprint density at radius 1 is 1.29 bits per heavy atom. The first-order chi connectivity index (χ1) is 8.31. The molecule has 3 nitrogen and oxygen atoms in total. The molecule has 1 N–H and O–H groups in total. The molecule has 0 amide bonds. The third-order valence-corrected chi connectivity index (χ3v) is 3.84. The van der Waals surface area contributed by atoms with Gasteiger partial charge >= 0.3 is 0 Å². The van der Waals surface area contributed by atoms with Crippen molar-refractivity contribution in [3.8, 4) is 0 Å². The molecule has 0 aromatic heterocycles. The molecule has 0 radical (unpaired) electrons. The molecule has 1 fully saturated rings. The minimum Gasteiger partial charge on any atom is -0.381 e. The van der Waals surface area contributed by atoms with E-state index in [4.69, 9.17) is 4.74 Å². The monoisotopic (exact) mass is 242 g/mol. The van der Waals surface area contributed by atoms with Crippen molar-refractivity contribution in [3.05, 3.63) is 0 Å². The van der Waals surface area contributed by atoms with E-state index in [-0.39, 0.29) is 0 Å². The zero-order valence-electron chi connectivity index (χ0n) is 11.9. The second-order valence-electron chi connectivity index (χ2n) is 5.00. The highest BCUT2D eigenvalue weighted by atomic mass is 16.5. The molecule has 102 valence electrons. The van der Waals surface area contributed by atoms with Crippen molar-refractivity contribution in [2.75, 3.05) is 39.4 Å². The zero-order chi connectivity index (χ0) is 12.5. The third kappa shape index (κ3) is 5.36. The Hall–Kier alpha value is -0.120. The lowest BCUT2D eigenvalue weighted by molar-refractivity contribution is 0.171. The average molecular weight is 242 g/mol. The van der Waals surface area contributed by atoms with Gasteiger partial charge in [0.25, 0.3) is 0 Å². The molecule has 0 spiro atoms. The molecule has 0 aromatic carbocycles. The average Bonchev–Trinajstić information content (AvgIpc) is 2.87. The van der Waals surface area contributed by atoms with Crippen LogP contribution in [0.1, 0.15) is 40.0 Å². The van der Waals surface area contributed by atoms with Gasteiger partial charge < -0.3 is 15.0 Å². The second-order valence-corrected chi connectivity index (χ2v) is 5.00. The van der Waals surface area contributed by atoms with Gasteiger partial charge in [-0.25, -0.2) is 0 Å². The van der Waals surface area contributed by atoms with Gasteiger partial charge in [-0.05, 0) is 51.4 Å². The first-order valence-corrected chi connectivity index (χ1v) is 7.35. The summed E-state index contributed by atoms with van der Waals surface area (Å²) in [6, 6.07) is 0.651. The van der Waals surface area contributed by atoms with Crippen molar-refractivity contribution in [3.63, 3.8) is 0 Å². The molecule has 1 saturated heterocycles. The van der Waals surface area contributed by atoms with Crippen molar-refractivity contribution < 1.29 is 4.74 Å². The lowest BCUT2D eigenvalue weighted by Gasteiger charge is -2.27. The summed E-state index contributed by atoms with van der Waals surface area (Å²) in [5.74, 6) is 0.733. The summed E-state index contributed by atoms with van der Waals surface area (Å²) in [5.41, 5.74) is 0. The summed E-state index contributed by atoms with van der Waals surface area (Å²) < 4.78 is 5.52. The zero-order valence-corrected chi connectivity index (χ0v) is 11.9. The first-order valence-electron chi connectivity index (χ1n) is 7.35. The van der Waals surface area contributed by atoms with Crippen LogP contribution in [0.3, 0.4) is 0 Å². The van der Waals surface area contributed by atoms with Crippen LogP contribution in [-0.4, -0.2) is 50.3 Å². The SMILES string of the molecule is CCCNC(CCN(CC)CC)C1CCOC1. The van der Waals surface area contributed by atoms with Gasteiger partial charge in [-0.1, -0.05) is 20.8 Å². The highest BCUT2D eigenvalue weighted by molar-refractivity contribution is 4.80. The van der Waals surface area contributed by atoms with Gasteiger partial charge in [-0.3, -0.25) is 0 Å². The van der Waals surface area contributed by atoms with E-state index in [0.29, 0.717) is 6.04 Å². The quantitative estimate of drug-likeness (QED) is 0.670. The minimum absolute atomic E-state index is 0.651. The maximum Gasteiger partial charge on any atom is 0.0510 e. The molecular weight excluding hydrogens is 212 g/mol. The molecule has 2 unspecified atom stereocenters. The summed E-state index contributed by atoms with van der Waals surface area (Å²) in [5, 5.41) is 3.71. The molecule has 0 bridgehead atoms. The maximum absolute atomic E-state index is 5.52. The Kier molecular flexibility index (Phi) is 7.82. The van der Waals surface area contributed by atoms with E-state index < -0.39 is 0 Å². The molecule has 1 aliphatic heterocycles. The van der Waals surface area contributed by atoms with Crippen LogP contribution >= 0.6 is 0 Å². The van der Waals surface area contributed by atoms with Crippen molar-refractivity contribution in [1.82, 2.24) is 10.2 Å². The Labute approximate surface area is 107 Å². The number of ether oxygens (including phenoxy) is 1. The topological polar surface area (TPSA) is 24.5 Å². The summed E-state index contributed by atoms with van der Waals surface area (Å²) in [4.78, 5) is 2.51. The minimum atomic E-state index is 0.651. The first kappa shape index (κ1) is 14.9. The largest absolute Gasteiger partial charge is 0.381 e. The van der Waals surface area contributed by atoms with Gasteiger partial charge in [-0.15, -0.1) is 0 Å². The van der Waals surface area contributed by atoms with Crippen molar-refractivity contribution in [1.29, 1.82) is 0 Å². The summed E-state index contributed by atoms with van der Waals surface area (Å²) >= 11 is 0. The fraction of sp³-hybridized carbons (Fsp3) is 1.00. The number of hydrogen-bond donors (Lipinski definition) is 1. The molecule has 0 saturated carbocycles. The lowest BCUT2D eigenvalue weighted by atomic mass is 9.95. The van der Waals surface area contributed by atoms with E-state index in [1.807, 2.05) is 0 Å². The predicted molar refractivity (Wildman–Crippen MR) is 73.4 cm³/mol. The number of nitrogens with one attached hydrogen (secondary N) is 1. The highest BCUT2D eigenvalue weighted by Crippen LogP contribution is 2.19. The van der Waals surface area contributed by atoms with Crippen LogP contribution in [0.5, 0.6) is 0 Å². The summed E-state index contributed by atoms with van der Waals surface area (Å²) in [6.45, 7) is 13.3. The van der Waals surface area contributed by atoms with E-state index in [0.717, 1.165) is 38.8 Å². The Balaban J connectivity index is 2.33. The van der Waals surface area contributed by atoms with Crippen LogP contribution in [0.25, 0.3) is 0 Å². The third-order valence-electron chi connectivity index (χ3n) is 3.84. The molecule has 1 heterocycles. The van der Waals surface area contributed by atoms with E-state index in [2.05, 4.69) is 31.0 Å².